The third-order valence-corrected chi connectivity index (χ3v) is 3.46. The normalized spacial score (nSPS) is 10.3. The molecule has 0 saturated heterocycles. The minimum absolute atomic E-state index is 0.399. The Kier molecular flexibility index (Phi) is 3.04. The van der Waals surface area contributed by atoms with Crippen LogP contribution in [0, 0.1) is 11.3 Å². The first-order valence-corrected chi connectivity index (χ1v) is 6.44. The molecule has 0 N–H and O–H groups in total. The fraction of sp³-hybridized carbons (Fsp3) is 0.0769. The van der Waals surface area contributed by atoms with Gasteiger partial charge < -0.3 is 4.52 Å². The van der Waals surface area contributed by atoms with Gasteiger partial charge in [-0.3, -0.25) is 4.98 Å². The standard InChI is InChI=1S/C13H8N4OS/c14-8-10-3-6-19-12(10)13-16-11(17-18-13)7-9-1-4-15-5-2-9/h1-6H,7H2. The van der Waals surface area contributed by atoms with Gasteiger partial charge in [0.1, 0.15) is 10.9 Å². The van der Waals surface area contributed by atoms with Crippen LogP contribution in [0.15, 0.2) is 40.5 Å². The topological polar surface area (TPSA) is 75.6 Å². The van der Waals surface area contributed by atoms with Gasteiger partial charge in [-0.15, -0.1) is 11.3 Å². The number of thiophene rings is 1. The first kappa shape index (κ1) is 11.6. The van der Waals surface area contributed by atoms with Crippen molar-refractivity contribution in [1.29, 1.82) is 5.26 Å². The molecule has 3 aromatic rings. The van der Waals surface area contributed by atoms with Crippen molar-refractivity contribution < 1.29 is 4.52 Å². The molecule has 0 bridgehead atoms. The van der Waals surface area contributed by atoms with E-state index in [1.807, 2.05) is 17.5 Å². The van der Waals surface area contributed by atoms with Crippen LogP contribution in [0.4, 0.5) is 0 Å². The lowest BCUT2D eigenvalue weighted by atomic mass is 10.2. The zero-order valence-corrected chi connectivity index (χ0v) is 10.6. The highest BCUT2D eigenvalue weighted by Gasteiger charge is 2.14. The number of hydrogen-bond donors (Lipinski definition) is 0. The molecule has 5 nitrogen and oxygen atoms in total. The van der Waals surface area contributed by atoms with Gasteiger partial charge in [-0.05, 0) is 29.1 Å². The molecule has 3 aromatic heterocycles. The van der Waals surface area contributed by atoms with Crippen LogP contribution in [0.5, 0.6) is 0 Å². The van der Waals surface area contributed by atoms with Crippen molar-refractivity contribution in [3.63, 3.8) is 0 Å². The lowest BCUT2D eigenvalue weighted by Crippen LogP contribution is -1.90. The number of nitriles is 1. The van der Waals surface area contributed by atoms with Gasteiger partial charge in [0.2, 0.25) is 0 Å². The first-order chi connectivity index (χ1) is 9.36. The Labute approximate surface area is 113 Å². The minimum atomic E-state index is 0.399. The van der Waals surface area contributed by atoms with Crippen LogP contribution in [0.3, 0.4) is 0 Å². The molecular weight excluding hydrogens is 260 g/mol. The smallest absolute Gasteiger partial charge is 0.269 e. The van der Waals surface area contributed by atoms with Crippen LogP contribution in [-0.2, 0) is 6.42 Å². The molecule has 0 unspecified atom stereocenters. The van der Waals surface area contributed by atoms with Gasteiger partial charge in [0.15, 0.2) is 5.82 Å². The Balaban J connectivity index is 1.86. The fourth-order valence-electron chi connectivity index (χ4n) is 1.66. The van der Waals surface area contributed by atoms with E-state index < -0.39 is 0 Å². The largest absolute Gasteiger partial charge is 0.333 e. The summed E-state index contributed by atoms with van der Waals surface area (Å²) in [6.07, 6.45) is 4.03. The van der Waals surface area contributed by atoms with E-state index in [0.29, 0.717) is 23.7 Å². The maximum Gasteiger partial charge on any atom is 0.269 e. The highest BCUT2D eigenvalue weighted by Crippen LogP contribution is 2.27. The summed E-state index contributed by atoms with van der Waals surface area (Å²) in [5, 5.41) is 14.7. The quantitative estimate of drug-likeness (QED) is 0.730. The molecule has 92 valence electrons. The van der Waals surface area contributed by atoms with Crippen LogP contribution < -0.4 is 0 Å². The minimum Gasteiger partial charge on any atom is -0.333 e. The van der Waals surface area contributed by atoms with E-state index in [9.17, 15) is 0 Å². The molecule has 0 aromatic carbocycles. The molecule has 0 radical (unpaired) electrons. The molecule has 0 spiro atoms. The van der Waals surface area contributed by atoms with E-state index in [1.54, 1.807) is 18.5 Å². The van der Waals surface area contributed by atoms with E-state index in [0.717, 1.165) is 10.4 Å². The average molecular weight is 268 g/mol. The molecule has 3 rings (SSSR count). The molecule has 0 amide bonds. The van der Waals surface area contributed by atoms with E-state index in [-0.39, 0.29) is 0 Å². The van der Waals surface area contributed by atoms with Gasteiger partial charge in [0.25, 0.3) is 5.89 Å². The summed E-state index contributed by atoms with van der Waals surface area (Å²) in [4.78, 5) is 8.99. The number of pyridine rings is 1. The van der Waals surface area contributed by atoms with Crippen molar-refractivity contribution in [3.05, 3.63) is 52.9 Å². The van der Waals surface area contributed by atoms with Crippen LogP contribution in [0.1, 0.15) is 17.0 Å². The van der Waals surface area contributed by atoms with Crippen molar-refractivity contribution in [3.8, 4) is 16.8 Å². The lowest BCUT2D eigenvalue weighted by Gasteiger charge is -1.93. The summed E-state index contributed by atoms with van der Waals surface area (Å²) < 4.78 is 5.21. The SMILES string of the molecule is N#Cc1ccsc1-c1nc(Cc2ccncc2)no1. The number of rotatable bonds is 3. The summed E-state index contributed by atoms with van der Waals surface area (Å²) >= 11 is 1.42. The van der Waals surface area contributed by atoms with Gasteiger partial charge in [0.05, 0.1) is 5.56 Å². The number of nitrogens with zero attached hydrogens (tertiary/aromatic N) is 4. The monoisotopic (exact) mass is 268 g/mol. The molecule has 0 saturated carbocycles. The number of hydrogen-bond acceptors (Lipinski definition) is 6. The third kappa shape index (κ3) is 2.37. The van der Waals surface area contributed by atoms with E-state index in [1.165, 1.54) is 11.3 Å². The van der Waals surface area contributed by atoms with Crippen molar-refractivity contribution in [2.45, 2.75) is 6.42 Å². The Bertz CT molecular complexity index is 726. The van der Waals surface area contributed by atoms with Crippen molar-refractivity contribution in [2.75, 3.05) is 0 Å². The van der Waals surface area contributed by atoms with Crippen LogP contribution in [-0.4, -0.2) is 15.1 Å². The first-order valence-electron chi connectivity index (χ1n) is 5.56. The Morgan fingerprint density at radius 2 is 2.11 bits per heavy atom. The second kappa shape index (κ2) is 5.00. The lowest BCUT2D eigenvalue weighted by molar-refractivity contribution is 0.424. The summed E-state index contributed by atoms with van der Waals surface area (Å²) in [6, 6.07) is 7.66. The number of aromatic nitrogens is 3. The van der Waals surface area contributed by atoms with Crippen LogP contribution >= 0.6 is 11.3 Å². The van der Waals surface area contributed by atoms with Crippen molar-refractivity contribution in [2.24, 2.45) is 0 Å². The van der Waals surface area contributed by atoms with Gasteiger partial charge >= 0.3 is 0 Å². The summed E-state index contributed by atoms with van der Waals surface area (Å²) in [5.74, 6) is 0.995. The van der Waals surface area contributed by atoms with Crippen molar-refractivity contribution in [1.82, 2.24) is 15.1 Å². The Hall–Kier alpha value is -2.52. The molecule has 0 fully saturated rings. The van der Waals surface area contributed by atoms with E-state index in [2.05, 4.69) is 21.2 Å². The zero-order chi connectivity index (χ0) is 13.1. The Morgan fingerprint density at radius 1 is 1.26 bits per heavy atom. The molecular formula is C13H8N4OS. The molecule has 0 aliphatic carbocycles. The highest BCUT2D eigenvalue weighted by molar-refractivity contribution is 7.13. The predicted octanol–water partition coefficient (Wildman–Crippen LogP) is 2.66. The third-order valence-electron chi connectivity index (χ3n) is 2.56. The second-order valence-electron chi connectivity index (χ2n) is 3.82. The van der Waals surface area contributed by atoms with Gasteiger partial charge in [-0.1, -0.05) is 5.16 Å². The molecule has 6 heteroatoms. The fourth-order valence-corrected chi connectivity index (χ4v) is 2.43. The maximum absolute atomic E-state index is 8.97. The van der Waals surface area contributed by atoms with Crippen LogP contribution in [0.25, 0.3) is 10.8 Å². The van der Waals surface area contributed by atoms with Crippen LogP contribution in [0.2, 0.25) is 0 Å². The second-order valence-corrected chi connectivity index (χ2v) is 4.74. The van der Waals surface area contributed by atoms with Gasteiger partial charge in [-0.25, -0.2) is 0 Å². The molecule has 19 heavy (non-hydrogen) atoms. The zero-order valence-electron chi connectivity index (χ0n) is 9.78. The maximum atomic E-state index is 8.97. The van der Waals surface area contributed by atoms with Gasteiger partial charge in [-0.2, -0.15) is 10.2 Å². The van der Waals surface area contributed by atoms with Gasteiger partial charge in [0, 0.05) is 18.8 Å². The van der Waals surface area contributed by atoms with E-state index >= 15 is 0 Å². The molecule has 0 aliphatic rings. The summed E-state index contributed by atoms with van der Waals surface area (Å²) in [7, 11) is 0. The highest BCUT2D eigenvalue weighted by atomic mass is 32.1. The molecule has 3 heterocycles. The summed E-state index contributed by atoms with van der Waals surface area (Å²) in [5.41, 5.74) is 1.62. The Morgan fingerprint density at radius 3 is 2.89 bits per heavy atom. The predicted molar refractivity (Wildman–Crippen MR) is 69.4 cm³/mol. The molecule has 0 aliphatic heterocycles. The molecule has 0 atom stereocenters. The summed E-state index contributed by atoms with van der Waals surface area (Å²) in [6.45, 7) is 0. The van der Waals surface area contributed by atoms with Crippen molar-refractivity contribution >= 4 is 11.3 Å². The van der Waals surface area contributed by atoms with E-state index in [4.69, 9.17) is 9.78 Å². The average Bonchev–Trinajstić information content (AvgIpc) is 3.07.